The van der Waals surface area contributed by atoms with Crippen LogP contribution in [0.5, 0.6) is 11.5 Å². The average Bonchev–Trinajstić information content (AvgIpc) is 2.66. The second kappa shape index (κ2) is 9.28. The van der Waals surface area contributed by atoms with Crippen LogP contribution in [0.3, 0.4) is 0 Å². The Morgan fingerprint density at radius 3 is 2.75 bits per heavy atom. The van der Waals surface area contributed by atoms with Crippen molar-refractivity contribution in [3.63, 3.8) is 0 Å². The van der Waals surface area contributed by atoms with Crippen LogP contribution in [0.2, 0.25) is 0 Å². The number of carbonyl (C=O) groups is 1. The minimum atomic E-state index is -4.54. The van der Waals surface area contributed by atoms with Gasteiger partial charge in [0, 0.05) is 5.56 Å². The quantitative estimate of drug-likeness (QED) is 0.403. The molecular formula is C19H14BrF3N2O3. The molecule has 0 spiro atoms. The zero-order chi connectivity index (χ0) is 20.7. The number of hydrazone groups is 1. The second-order valence-corrected chi connectivity index (χ2v) is 6.16. The zero-order valence-corrected chi connectivity index (χ0v) is 16.1. The molecule has 2 rings (SSSR count). The fourth-order valence-electron chi connectivity index (χ4n) is 2.13. The normalized spacial score (nSPS) is 11.1. The van der Waals surface area contributed by atoms with Gasteiger partial charge in [-0.1, -0.05) is 12.0 Å². The first-order valence-corrected chi connectivity index (χ1v) is 8.50. The van der Waals surface area contributed by atoms with Gasteiger partial charge in [-0.25, -0.2) is 5.43 Å². The van der Waals surface area contributed by atoms with Gasteiger partial charge in [0.25, 0.3) is 5.91 Å². The molecule has 0 unspecified atom stereocenters. The lowest BCUT2D eigenvalue weighted by Gasteiger charge is -2.11. The van der Waals surface area contributed by atoms with Crippen LogP contribution in [0.4, 0.5) is 13.2 Å². The molecule has 146 valence electrons. The van der Waals surface area contributed by atoms with Crippen LogP contribution in [-0.2, 0) is 6.18 Å². The molecule has 0 heterocycles. The maximum atomic E-state index is 12.7. The van der Waals surface area contributed by atoms with Crippen molar-refractivity contribution in [3.05, 3.63) is 57.6 Å². The van der Waals surface area contributed by atoms with Crippen LogP contribution in [0.1, 0.15) is 21.5 Å². The smallest absolute Gasteiger partial charge is 0.416 e. The van der Waals surface area contributed by atoms with E-state index in [1.165, 1.54) is 19.4 Å². The molecule has 28 heavy (non-hydrogen) atoms. The van der Waals surface area contributed by atoms with Crippen LogP contribution in [0.25, 0.3) is 0 Å². The molecule has 2 aromatic carbocycles. The summed E-state index contributed by atoms with van der Waals surface area (Å²) in [7, 11) is 1.45. The molecular weight excluding hydrogens is 441 g/mol. The van der Waals surface area contributed by atoms with Crippen molar-refractivity contribution in [3.8, 4) is 23.8 Å². The summed E-state index contributed by atoms with van der Waals surface area (Å²) in [5.41, 5.74) is 1.64. The van der Waals surface area contributed by atoms with Crippen LogP contribution >= 0.6 is 15.9 Å². The summed E-state index contributed by atoms with van der Waals surface area (Å²) in [6, 6.07) is 7.29. The number of rotatable bonds is 6. The number of ether oxygens (including phenoxy) is 2. The van der Waals surface area contributed by atoms with E-state index >= 15 is 0 Å². The molecule has 0 aliphatic carbocycles. The molecule has 2 aromatic rings. The largest absolute Gasteiger partial charge is 0.493 e. The van der Waals surface area contributed by atoms with Crippen molar-refractivity contribution in [1.29, 1.82) is 0 Å². The van der Waals surface area contributed by atoms with Crippen LogP contribution in [0, 0.1) is 12.3 Å². The number of hydrogen-bond acceptors (Lipinski definition) is 4. The number of nitrogens with zero attached hydrogens (tertiary/aromatic N) is 1. The van der Waals surface area contributed by atoms with Gasteiger partial charge in [0.15, 0.2) is 11.5 Å². The third kappa shape index (κ3) is 5.50. The molecule has 0 bridgehead atoms. The number of hydrogen-bond donors (Lipinski definition) is 1. The predicted octanol–water partition coefficient (Wildman–Crippen LogP) is 4.25. The molecule has 0 aliphatic heterocycles. The summed E-state index contributed by atoms with van der Waals surface area (Å²) in [6.07, 6.45) is 1.94. The monoisotopic (exact) mass is 454 g/mol. The number of amides is 1. The Balaban J connectivity index is 2.13. The molecule has 0 atom stereocenters. The number of alkyl halides is 3. The summed E-state index contributed by atoms with van der Waals surface area (Å²) in [6.45, 7) is 0.0510. The highest BCUT2D eigenvalue weighted by molar-refractivity contribution is 9.10. The Morgan fingerprint density at radius 2 is 2.11 bits per heavy atom. The van der Waals surface area contributed by atoms with Gasteiger partial charge < -0.3 is 9.47 Å². The van der Waals surface area contributed by atoms with E-state index in [1.54, 1.807) is 12.1 Å². The van der Waals surface area contributed by atoms with E-state index in [0.29, 0.717) is 21.5 Å². The van der Waals surface area contributed by atoms with E-state index in [-0.39, 0.29) is 12.2 Å². The Bertz CT molecular complexity index is 937. The van der Waals surface area contributed by atoms with Gasteiger partial charge in [0.05, 0.1) is 23.4 Å². The summed E-state index contributed by atoms with van der Waals surface area (Å²) >= 11 is 3.32. The highest BCUT2D eigenvalue weighted by atomic mass is 79.9. The van der Waals surface area contributed by atoms with E-state index in [1.807, 2.05) is 0 Å². The summed E-state index contributed by atoms with van der Waals surface area (Å²) < 4.78 is 49.3. The molecule has 0 saturated heterocycles. The Morgan fingerprint density at radius 1 is 1.36 bits per heavy atom. The molecule has 0 aromatic heterocycles. The van der Waals surface area contributed by atoms with Gasteiger partial charge in [0.1, 0.15) is 6.61 Å². The van der Waals surface area contributed by atoms with Gasteiger partial charge in [-0.15, -0.1) is 6.42 Å². The highest BCUT2D eigenvalue weighted by Gasteiger charge is 2.30. The standard InChI is InChI=1S/C19H14BrF3N2O3/c1-3-7-28-17-15(20)8-12(9-16(17)27-2)11-24-25-18(26)13-5-4-6-14(10-13)19(21,22)23/h1,4-6,8-11H,7H2,2H3,(H,25,26)/b24-11-. The van der Waals surface area contributed by atoms with E-state index in [4.69, 9.17) is 15.9 Å². The number of carbonyl (C=O) groups excluding carboxylic acids is 1. The molecule has 1 N–H and O–H groups in total. The molecule has 5 nitrogen and oxygen atoms in total. The zero-order valence-electron chi connectivity index (χ0n) is 14.5. The van der Waals surface area contributed by atoms with E-state index < -0.39 is 17.6 Å². The summed E-state index contributed by atoms with van der Waals surface area (Å²) in [5, 5.41) is 3.76. The Hall–Kier alpha value is -2.99. The first-order valence-electron chi connectivity index (χ1n) is 7.70. The van der Waals surface area contributed by atoms with Crippen molar-refractivity contribution in [2.75, 3.05) is 13.7 Å². The lowest BCUT2D eigenvalue weighted by atomic mass is 10.1. The Kier molecular flexibility index (Phi) is 7.06. The maximum Gasteiger partial charge on any atom is 0.416 e. The second-order valence-electron chi connectivity index (χ2n) is 5.30. The van der Waals surface area contributed by atoms with Crippen LogP contribution in [-0.4, -0.2) is 25.8 Å². The van der Waals surface area contributed by atoms with Crippen LogP contribution in [0.15, 0.2) is 46.0 Å². The topological polar surface area (TPSA) is 59.9 Å². The van der Waals surface area contributed by atoms with Gasteiger partial charge in [0.2, 0.25) is 0 Å². The molecule has 9 heteroatoms. The minimum absolute atomic E-state index is 0.0510. The van der Waals surface area contributed by atoms with E-state index in [2.05, 4.69) is 32.4 Å². The van der Waals surface area contributed by atoms with Crippen molar-refractivity contribution in [2.45, 2.75) is 6.18 Å². The number of terminal acetylenes is 1. The average molecular weight is 455 g/mol. The van der Waals surface area contributed by atoms with Crippen molar-refractivity contribution in [1.82, 2.24) is 5.43 Å². The molecule has 0 radical (unpaired) electrons. The number of halogens is 4. The van der Waals surface area contributed by atoms with Gasteiger partial charge in [-0.05, 0) is 51.8 Å². The first-order chi connectivity index (χ1) is 13.3. The number of methoxy groups -OCH3 is 1. The molecule has 0 saturated carbocycles. The molecule has 1 amide bonds. The van der Waals surface area contributed by atoms with E-state index in [0.717, 1.165) is 18.2 Å². The van der Waals surface area contributed by atoms with Crippen molar-refractivity contribution in [2.24, 2.45) is 5.10 Å². The van der Waals surface area contributed by atoms with Crippen molar-refractivity contribution < 1.29 is 27.4 Å². The van der Waals surface area contributed by atoms with Gasteiger partial charge in [-0.2, -0.15) is 18.3 Å². The summed E-state index contributed by atoms with van der Waals surface area (Å²) in [5.74, 6) is 2.36. The number of nitrogens with one attached hydrogen (secondary N) is 1. The van der Waals surface area contributed by atoms with E-state index in [9.17, 15) is 18.0 Å². The molecule has 0 aliphatic rings. The predicted molar refractivity (Wildman–Crippen MR) is 102 cm³/mol. The highest BCUT2D eigenvalue weighted by Crippen LogP contribution is 2.36. The van der Waals surface area contributed by atoms with Crippen molar-refractivity contribution >= 4 is 28.1 Å². The Labute approximate surface area is 167 Å². The number of benzene rings is 2. The fraction of sp³-hybridized carbons (Fsp3) is 0.158. The maximum absolute atomic E-state index is 12.7. The minimum Gasteiger partial charge on any atom is -0.493 e. The summed E-state index contributed by atoms with van der Waals surface area (Å²) in [4.78, 5) is 12.0. The first kappa shape index (κ1) is 21.3. The van der Waals surface area contributed by atoms with Crippen LogP contribution < -0.4 is 14.9 Å². The lowest BCUT2D eigenvalue weighted by molar-refractivity contribution is -0.137. The van der Waals surface area contributed by atoms with Gasteiger partial charge >= 0.3 is 6.18 Å². The SMILES string of the molecule is C#CCOc1c(Br)cc(/C=N\NC(=O)c2cccc(C(F)(F)F)c2)cc1OC. The molecule has 0 fully saturated rings. The third-order valence-electron chi connectivity index (χ3n) is 3.38. The van der Waals surface area contributed by atoms with Gasteiger partial charge in [-0.3, -0.25) is 4.79 Å². The fourth-order valence-corrected chi connectivity index (χ4v) is 2.71. The lowest BCUT2D eigenvalue weighted by Crippen LogP contribution is -2.18. The third-order valence-corrected chi connectivity index (χ3v) is 3.97.